The molecule has 13 heavy (non-hydrogen) atoms. The van der Waals surface area contributed by atoms with Crippen LogP contribution in [0.4, 0.5) is 0 Å². The van der Waals surface area contributed by atoms with Gasteiger partial charge in [-0.25, -0.2) is 0 Å². The van der Waals surface area contributed by atoms with Crippen molar-refractivity contribution in [3.05, 3.63) is 34.5 Å². The summed E-state index contributed by atoms with van der Waals surface area (Å²) in [6.45, 7) is 8.07. The first kappa shape index (κ1) is 10.5. The molecule has 0 bridgehead atoms. The van der Waals surface area contributed by atoms with E-state index >= 15 is 0 Å². The van der Waals surface area contributed by atoms with Crippen LogP contribution in [0.25, 0.3) is 0 Å². The fourth-order valence-electron chi connectivity index (χ4n) is 1.09. The van der Waals surface area contributed by atoms with Gasteiger partial charge in [0.2, 0.25) is 0 Å². The first-order valence-electron chi connectivity index (χ1n) is 4.66. The van der Waals surface area contributed by atoms with E-state index in [1.807, 2.05) is 11.3 Å². The molecule has 2 heteroatoms. The van der Waals surface area contributed by atoms with Gasteiger partial charge in [0.15, 0.2) is 0 Å². The van der Waals surface area contributed by atoms with Gasteiger partial charge < -0.3 is 5.32 Å². The molecule has 1 aromatic rings. The predicted octanol–water partition coefficient (Wildman–Crippen LogP) is 2.85. The van der Waals surface area contributed by atoms with Crippen molar-refractivity contribution in [3.63, 3.8) is 0 Å². The number of hydrogen-bond acceptors (Lipinski definition) is 2. The van der Waals surface area contributed by atoms with Crippen molar-refractivity contribution in [2.24, 2.45) is 0 Å². The van der Waals surface area contributed by atoms with Crippen LogP contribution in [0.5, 0.6) is 0 Å². The maximum absolute atomic E-state index is 3.86. The van der Waals surface area contributed by atoms with E-state index in [1.54, 1.807) is 0 Å². The summed E-state index contributed by atoms with van der Waals surface area (Å²) >= 11 is 1.83. The Kier molecular flexibility index (Phi) is 4.79. The lowest BCUT2D eigenvalue weighted by Crippen LogP contribution is -2.18. The van der Waals surface area contributed by atoms with E-state index in [2.05, 4.69) is 36.3 Å². The molecule has 0 aliphatic heterocycles. The van der Waals surface area contributed by atoms with E-state index in [0.29, 0.717) is 0 Å². The molecule has 0 aliphatic rings. The van der Waals surface area contributed by atoms with Crippen LogP contribution in [0.15, 0.2) is 29.7 Å². The highest BCUT2D eigenvalue weighted by atomic mass is 32.1. The van der Waals surface area contributed by atoms with Crippen LogP contribution in [0.1, 0.15) is 18.2 Å². The second-order valence-corrected chi connectivity index (χ2v) is 4.32. The molecule has 0 saturated carbocycles. The molecule has 0 saturated heterocycles. The summed E-state index contributed by atoms with van der Waals surface area (Å²) in [6, 6.07) is 4.29. The fourth-order valence-corrected chi connectivity index (χ4v) is 1.80. The minimum Gasteiger partial charge on any atom is -0.316 e. The van der Waals surface area contributed by atoms with Gasteiger partial charge in [-0.15, -0.1) is 17.9 Å². The van der Waals surface area contributed by atoms with Gasteiger partial charge in [0.1, 0.15) is 0 Å². The molecule has 0 unspecified atom stereocenters. The molecule has 0 aliphatic carbocycles. The Morgan fingerprint density at radius 3 is 3.00 bits per heavy atom. The highest BCUT2D eigenvalue weighted by Crippen LogP contribution is 2.07. The molecule has 72 valence electrons. The van der Waals surface area contributed by atoms with Gasteiger partial charge in [0, 0.05) is 4.88 Å². The Labute approximate surface area is 84.5 Å². The average molecular weight is 195 g/mol. The van der Waals surface area contributed by atoms with Gasteiger partial charge in [-0.3, -0.25) is 0 Å². The third-order valence-electron chi connectivity index (χ3n) is 1.86. The Morgan fingerprint density at radius 1 is 1.54 bits per heavy atom. The normalized spacial score (nSPS) is 10.2. The largest absolute Gasteiger partial charge is 0.316 e. The zero-order valence-corrected chi connectivity index (χ0v) is 8.99. The van der Waals surface area contributed by atoms with E-state index in [4.69, 9.17) is 0 Å². The summed E-state index contributed by atoms with van der Waals surface area (Å²) in [5.74, 6) is 0. The van der Waals surface area contributed by atoms with Gasteiger partial charge in [0.05, 0.1) is 0 Å². The zero-order chi connectivity index (χ0) is 9.52. The molecule has 1 heterocycles. The standard InChI is InChI=1S/C11H17NS/c1-10(2)5-7-12-8-6-11-4-3-9-13-11/h3-4,9,12H,1,5-8H2,2H3. The third kappa shape index (κ3) is 4.86. The van der Waals surface area contributed by atoms with Gasteiger partial charge in [-0.05, 0) is 44.3 Å². The molecule has 1 N–H and O–H groups in total. The van der Waals surface area contributed by atoms with Gasteiger partial charge in [0.25, 0.3) is 0 Å². The molecule has 0 amide bonds. The topological polar surface area (TPSA) is 12.0 Å². The van der Waals surface area contributed by atoms with Crippen molar-refractivity contribution in [1.29, 1.82) is 0 Å². The number of rotatable bonds is 6. The second-order valence-electron chi connectivity index (χ2n) is 3.29. The lowest BCUT2D eigenvalue weighted by atomic mass is 10.2. The van der Waals surface area contributed by atoms with E-state index in [-0.39, 0.29) is 0 Å². The molecule has 1 aromatic heterocycles. The second kappa shape index (κ2) is 5.95. The van der Waals surface area contributed by atoms with Crippen molar-refractivity contribution in [2.75, 3.05) is 13.1 Å². The molecule has 0 radical (unpaired) electrons. The van der Waals surface area contributed by atoms with Crippen LogP contribution < -0.4 is 5.32 Å². The van der Waals surface area contributed by atoms with E-state index in [1.165, 1.54) is 10.5 Å². The molecule has 0 atom stereocenters. The molecule has 0 aromatic carbocycles. The van der Waals surface area contributed by atoms with Crippen LogP contribution in [-0.4, -0.2) is 13.1 Å². The Bertz CT molecular complexity index is 239. The molecular formula is C11H17NS. The minimum absolute atomic E-state index is 1.06. The summed E-state index contributed by atoms with van der Waals surface area (Å²) < 4.78 is 0. The highest BCUT2D eigenvalue weighted by Gasteiger charge is 1.92. The molecule has 0 spiro atoms. The highest BCUT2D eigenvalue weighted by molar-refractivity contribution is 7.09. The van der Waals surface area contributed by atoms with Gasteiger partial charge in [-0.2, -0.15) is 0 Å². The number of thiophene rings is 1. The first-order valence-corrected chi connectivity index (χ1v) is 5.54. The summed E-state index contributed by atoms with van der Waals surface area (Å²) in [4.78, 5) is 1.46. The lowest BCUT2D eigenvalue weighted by molar-refractivity contribution is 0.683. The molecule has 1 rings (SSSR count). The van der Waals surface area contributed by atoms with Crippen molar-refractivity contribution >= 4 is 11.3 Å². The van der Waals surface area contributed by atoms with E-state index < -0.39 is 0 Å². The Hall–Kier alpha value is -0.600. The molecule has 0 fully saturated rings. The maximum Gasteiger partial charge on any atom is 0.00578 e. The first-order chi connectivity index (χ1) is 6.29. The molecule has 1 nitrogen and oxygen atoms in total. The van der Waals surface area contributed by atoms with Crippen molar-refractivity contribution in [2.45, 2.75) is 19.8 Å². The third-order valence-corrected chi connectivity index (χ3v) is 2.79. The summed E-state index contributed by atoms with van der Waals surface area (Å²) in [7, 11) is 0. The van der Waals surface area contributed by atoms with Gasteiger partial charge >= 0.3 is 0 Å². The fraction of sp³-hybridized carbons (Fsp3) is 0.455. The number of nitrogens with one attached hydrogen (secondary N) is 1. The summed E-state index contributed by atoms with van der Waals surface area (Å²) in [6.07, 6.45) is 2.23. The van der Waals surface area contributed by atoms with Gasteiger partial charge in [-0.1, -0.05) is 11.6 Å². The van der Waals surface area contributed by atoms with Crippen molar-refractivity contribution in [3.8, 4) is 0 Å². The minimum atomic E-state index is 1.06. The maximum atomic E-state index is 3.86. The Morgan fingerprint density at radius 2 is 2.38 bits per heavy atom. The summed E-state index contributed by atoms with van der Waals surface area (Å²) in [5.41, 5.74) is 1.25. The monoisotopic (exact) mass is 195 g/mol. The smallest absolute Gasteiger partial charge is 0.00578 e. The number of hydrogen-bond donors (Lipinski definition) is 1. The van der Waals surface area contributed by atoms with E-state index in [0.717, 1.165) is 25.9 Å². The Balaban J connectivity index is 1.99. The van der Waals surface area contributed by atoms with Crippen molar-refractivity contribution in [1.82, 2.24) is 5.32 Å². The predicted molar refractivity (Wildman–Crippen MR) is 60.3 cm³/mol. The van der Waals surface area contributed by atoms with Crippen LogP contribution in [0, 0.1) is 0 Å². The molecular weight excluding hydrogens is 178 g/mol. The van der Waals surface area contributed by atoms with Crippen LogP contribution in [0.2, 0.25) is 0 Å². The lowest BCUT2D eigenvalue weighted by Gasteiger charge is -2.02. The van der Waals surface area contributed by atoms with Crippen LogP contribution in [0.3, 0.4) is 0 Å². The zero-order valence-electron chi connectivity index (χ0n) is 8.18. The van der Waals surface area contributed by atoms with Crippen LogP contribution >= 0.6 is 11.3 Å². The average Bonchev–Trinajstić information content (AvgIpc) is 2.55. The quantitative estimate of drug-likeness (QED) is 0.543. The van der Waals surface area contributed by atoms with Crippen molar-refractivity contribution < 1.29 is 0 Å². The van der Waals surface area contributed by atoms with Crippen LogP contribution in [-0.2, 0) is 6.42 Å². The SMILES string of the molecule is C=C(C)CCNCCc1cccs1. The van der Waals surface area contributed by atoms with E-state index in [9.17, 15) is 0 Å². The summed E-state index contributed by atoms with van der Waals surface area (Å²) in [5, 5.41) is 5.53.